The quantitative estimate of drug-likeness (QED) is 0.798. The van der Waals surface area contributed by atoms with Crippen molar-refractivity contribution in [3.63, 3.8) is 0 Å². The molecule has 1 rings (SSSR count). The van der Waals surface area contributed by atoms with E-state index in [2.05, 4.69) is 50.7 Å². The second-order valence-electron chi connectivity index (χ2n) is 4.62. The third-order valence-electron chi connectivity index (χ3n) is 2.94. The number of thiol groups is 1. The van der Waals surface area contributed by atoms with Crippen molar-refractivity contribution in [3.05, 3.63) is 35.4 Å². The Kier molecular flexibility index (Phi) is 5.56. The van der Waals surface area contributed by atoms with Crippen molar-refractivity contribution >= 4 is 18.5 Å². The third-order valence-corrected chi connectivity index (χ3v) is 3.21. The summed E-state index contributed by atoms with van der Waals surface area (Å²) in [5.41, 5.74) is 2.63. The van der Waals surface area contributed by atoms with Gasteiger partial charge in [0.1, 0.15) is 0 Å². The van der Waals surface area contributed by atoms with Gasteiger partial charge in [-0.3, -0.25) is 4.79 Å². The van der Waals surface area contributed by atoms with Crippen LogP contribution in [-0.2, 0) is 11.2 Å². The Balaban J connectivity index is 2.50. The number of hydrogen-bond acceptors (Lipinski definition) is 2. The molecule has 1 amide bonds. The standard InChI is InChI=1S/C14H21NOS/c1-11(2)13-6-4-12(5-7-13)8-9-15(3)14(16)10-17/h4-7,11,17H,8-10H2,1-3H3. The average molecular weight is 251 g/mol. The first-order valence-corrected chi connectivity index (χ1v) is 6.61. The van der Waals surface area contributed by atoms with Gasteiger partial charge in [0.15, 0.2) is 0 Å². The maximum atomic E-state index is 11.3. The molecule has 0 heterocycles. The van der Waals surface area contributed by atoms with Gasteiger partial charge in [0.2, 0.25) is 5.91 Å². The summed E-state index contributed by atoms with van der Waals surface area (Å²) in [7, 11) is 1.82. The van der Waals surface area contributed by atoms with Gasteiger partial charge in [-0.1, -0.05) is 38.1 Å². The molecule has 0 aromatic heterocycles. The lowest BCUT2D eigenvalue weighted by Gasteiger charge is -2.16. The molecular formula is C14H21NOS. The van der Waals surface area contributed by atoms with E-state index in [4.69, 9.17) is 0 Å². The molecule has 0 spiro atoms. The van der Waals surface area contributed by atoms with Gasteiger partial charge >= 0.3 is 0 Å². The van der Waals surface area contributed by atoms with E-state index >= 15 is 0 Å². The predicted molar refractivity (Wildman–Crippen MR) is 75.7 cm³/mol. The molecule has 0 bridgehead atoms. The molecule has 1 aromatic rings. The first-order chi connectivity index (χ1) is 8.04. The number of rotatable bonds is 5. The minimum Gasteiger partial charge on any atom is -0.345 e. The monoisotopic (exact) mass is 251 g/mol. The molecule has 1 aromatic carbocycles. The number of carbonyl (C=O) groups is 1. The highest BCUT2D eigenvalue weighted by molar-refractivity contribution is 7.81. The van der Waals surface area contributed by atoms with Crippen LogP contribution in [0.2, 0.25) is 0 Å². The molecule has 0 N–H and O–H groups in total. The third kappa shape index (κ3) is 4.43. The van der Waals surface area contributed by atoms with Gasteiger partial charge in [0.05, 0.1) is 5.75 Å². The molecule has 3 heteroatoms. The van der Waals surface area contributed by atoms with E-state index in [0.29, 0.717) is 5.92 Å². The molecule has 2 nitrogen and oxygen atoms in total. The zero-order chi connectivity index (χ0) is 12.8. The summed E-state index contributed by atoms with van der Waals surface area (Å²) in [6, 6.07) is 8.63. The Morgan fingerprint density at radius 2 is 1.88 bits per heavy atom. The molecule has 0 fully saturated rings. The first kappa shape index (κ1) is 14.1. The highest BCUT2D eigenvalue weighted by Gasteiger charge is 2.06. The van der Waals surface area contributed by atoms with Crippen molar-refractivity contribution in [3.8, 4) is 0 Å². The van der Waals surface area contributed by atoms with E-state index in [9.17, 15) is 4.79 Å². The molecule has 0 saturated heterocycles. The fraction of sp³-hybridized carbons (Fsp3) is 0.500. The van der Waals surface area contributed by atoms with Crippen LogP contribution in [0.3, 0.4) is 0 Å². The summed E-state index contributed by atoms with van der Waals surface area (Å²) >= 11 is 3.98. The highest BCUT2D eigenvalue weighted by atomic mass is 32.1. The molecule has 0 saturated carbocycles. The van der Waals surface area contributed by atoms with Crippen LogP contribution in [0.25, 0.3) is 0 Å². The molecule has 0 aliphatic heterocycles. The molecule has 17 heavy (non-hydrogen) atoms. The maximum Gasteiger partial charge on any atom is 0.232 e. The van der Waals surface area contributed by atoms with Crippen LogP contribution < -0.4 is 0 Å². The predicted octanol–water partition coefficient (Wildman–Crippen LogP) is 2.74. The van der Waals surface area contributed by atoms with Gasteiger partial charge in [0.25, 0.3) is 0 Å². The van der Waals surface area contributed by atoms with Gasteiger partial charge < -0.3 is 4.90 Å². The molecular weight excluding hydrogens is 230 g/mol. The van der Waals surface area contributed by atoms with Crippen LogP contribution in [0, 0.1) is 0 Å². The van der Waals surface area contributed by atoms with Gasteiger partial charge in [-0.2, -0.15) is 12.6 Å². The molecule has 0 aliphatic carbocycles. The lowest BCUT2D eigenvalue weighted by molar-refractivity contribution is -0.127. The lowest BCUT2D eigenvalue weighted by Crippen LogP contribution is -2.29. The van der Waals surface area contributed by atoms with E-state index in [1.165, 1.54) is 11.1 Å². The van der Waals surface area contributed by atoms with Crippen LogP contribution >= 0.6 is 12.6 Å². The number of hydrogen-bond donors (Lipinski definition) is 1. The normalized spacial score (nSPS) is 10.6. The number of amides is 1. The lowest BCUT2D eigenvalue weighted by atomic mass is 10.0. The summed E-state index contributed by atoms with van der Waals surface area (Å²) in [5.74, 6) is 0.924. The second kappa shape index (κ2) is 6.70. The molecule has 0 radical (unpaired) electrons. The summed E-state index contributed by atoms with van der Waals surface area (Å²) < 4.78 is 0. The smallest absolute Gasteiger partial charge is 0.232 e. The van der Waals surface area contributed by atoms with Crippen LogP contribution in [0.5, 0.6) is 0 Å². The average Bonchev–Trinajstić information content (AvgIpc) is 2.35. The fourth-order valence-electron chi connectivity index (χ4n) is 1.61. The summed E-state index contributed by atoms with van der Waals surface area (Å²) in [4.78, 5) is 13.1. The summed E-state index contributed by atoms with van der Waals surface area (Å²) in [6.45, 7) is 5.13. The van der Waals surface area contributed by atoms with E-state index < -0.39 is 0 Å². The Hall–Kier alpha value is -0.960. The summed E-state index contributed by atoms with van der Waals surface area (Å²) in [5, 5.41) is 0. The van der Waals surface area contributed by atoms with Gasteiger partial charge in [0, 0.05) is 13.6 Å². The SMILES string of the molecule is CC(C)c1ccc(CCN(C)C(=O)CS)cc1. The molecule has 0 atom stereocenters. The molecule has 0 unspecified atom stereocenters. The highest BCUT2D eigenvalue weighted by Crippen LogP contribution is 2.14. The van der Waals surface area contributed by atoms with Gasteiger partial charge in [-0.05, 0) is 23.5 Å². The zero-order valence-electron chi connectivity index (χ0n) is 10.8. The molecule has 94 valence electrons. The number of benzene rings is 1. The minimum absolute atomic E-state index is 0.0760. The van der Waals surface area contributed by atoms with E-state index in [-0.39, 0.29) is 11.7 Å². The van der Waals surface area contributed by atoms with Gasteiger partial charge in [-0.15, -0.1) is 0 Å². The fourth-order valence-corrected chi connectivity index (χ4v) is 1.85. The zero-order valence-corrected chi connectivity index (χ0v) is 11.7. The first-order valence-electron chi connectivity index (χ1n) is 5.98. The number of nitrogens with zero attached hydrogens (tertiary/aromatic N) is 1. The van der Waals surface area contributed by atoms with Crippen molar-refractivity contribution < 1.29 is 4.79 Å². The Labute approximate surface area is 109 Å². The Morgan fingerprint density at radius 1 is 1.29 bits per heavy atom. The van der Waals surface area contributed by atoms with Crippen LogP contribution in [-0.4, -0.2) is 30.2 Å². The Bertz CT molecular complexity index is 359. The van der Waals surface area contributed by atoms with E-state index in [1.807, 2.05) is 7.05 Å². The van der Waals surface area contributed by atoms with Crippen LogP contribution in [0.4, 0.5) is 0 Å². The van der Waals surface area contributed by atoms with Crippen molar-refractivity contribution in [2.45, 2.75) is 26.2 Å². The maximum absolute atomic E-state index is 11.3. The van der Waals surface area contributed by atoms with Crippen molar-refractivity contribution in [2.75, 3.05) is 19.3 Å². The van der Waals surface area contributed by atoms with Crippen molar-refractivity contribution in [2.24, 2.45) is 0 Å². The minimum atomic E-state index is 0.0760. The van der Waals surface area contributed by atoms with Crippen LogP contribution in [0.1, 0.15) is 30.9 Å². The van der Waals surface area contributed by atoms with E-state index in [1.54, 1.807) is 4.90 Å². The van der Waals surface area contributed by atoms with E-state index in [0.717, 1.165) is 13.0 Å². The topological polar surface area (TPSA) is 20.3 Å². The van der Waals surface area contributed by atoms with Crippen LogP contribution in [0.15, 0.2) is 24.3 Å². The largest absolute Gasteiger partial charge is 0.345 e. The van der Waals surface area contributed by atoms with Gasteiger partial charge in [-0.25, -0.2) is 0 Å². The second-order valence-corrected chi connectivity index (χ2v) is 4.94. The number of likely N-dealkylation sites (N-methyl/N-ethyl adjacent to an activating group) is 1. The molecule has 0 aliphatic rings. The van der Waals surface area contributed by atoms with Crippen molar-refractivity contribution in [1.82, 2.24) is 4.90 Å². The summed E-state index contributed by atoms with van der Waals surface area (Å²) in [6.07, 6.45) is 0.897. The number of carbonyl (C=O) groups excluding carboxylic acids is 1. The Morgan fingerprint density at radius 3 is 2.35 bits per heavy atom. The van der Waals surface area contributed by atoms with Crippen molar-refractivity contribution in [1.29, 1.82) is 0 Å².